The molecule has 3 heteroatoms. The summed E-state index contributed by atoms with van der Waals surface area (Å²) in [7, 11) is 1.67. The monoisotopic (exact) mass is 339 g/mol. The topological polar surface area (TPSA) is 38.3 Å². The molecular weight excluding hydrogens is 310 g/mol. The van der Waals surface area contributed by atoms with Crippen LogP contribution in [-0.2, 0) is 23.1 Å². The summed E-state index contributed by atoms with van der Waals surface area (Å²) >= 11 is 0. The van der Waals surface area contributed by atoms with E-state index in [0.29, 0.717) is 13.0 Å². The first-order valence-electron chi connectivity index (χ1n) is 8.88. The lowest BCUT2D eigenvalue weighted by atomic mass is 9.86. The highest BCUT2D eigenvalue weighted by atomic mass is 16.5. The molecule has 0 saturated carbocycles. The molecule has 2 aromatic rings. The number of methoxy groups -OCH3 is 1. The standard InChI is InChI=1S/C22H29NO2/c1-22(2,3)19-12-9-17(10-13-19)11-14-21(24)23-16-15-18-7-5-6-8-20(18)25-4/h5-10,12-13H,11,14-16H2,1-4H3,(H,23,24). The predicted octanol–water partition coefficient (Wildman–Crippen LogP) is 4.28. The fourth-order valence-corrected chi connectivity index (χ4v) is 2.76. The highest BCUT2D eigenvalue weighted by molar-refractivity contribution is 5.76. The fraction of sp³-hybridized carbons (Fsp3) is 0.409. The van der Waals surface area contributed by atoms with Gasteiger partial charge in [-0.15, -0.1) is 0 Å². The Balaban J connectivity index is 1.75. The lowest BCUT2D eigenvalue weighted by Gasteiger charge is -2.19. The zero-order valence-electron chi connectivity index (χ0n) is 15.8. The third-order valence-electron chi connectivity index (χ3n) is 4.37. The number of carbonyl (C=O) groups is 1. The molecule has 1 N–H and O–H groups in total. The van der Waals surface area contributed by atoms with Crippen molar-refractivity contribution in [2.75, 3.05) is 13.7 Å². The number of amides is 1. The molecule has 0 spiro atoms. The van der Waals surface area contributed by atoms with E-state index in [4.69, 9.17) is 4.74 Å². The van der Waals surface area contributed by atoms with Crippen molar-refractivity contribution < 1.29 is 9.53 Å². The van der Waals surface area contributed by atoms with Crippen LogP contribution in [0.1, 0.15) is 43.9 Å². The van der Waals surface area contributed by atoms with Gasteiger partial charge in [0.2, 0.25) is 5.91 Å². The van der Waals surface area contributed by atoms with Crippen molar-refractivity contribution in [3.05, 3.63) is 65.2 Å². The molecular formula is C22H29NO2. The van der Waals surface area contributed by atoms with Crippen LogP contribution in [0.15, 0.2) is 48.5 Å². The molecule has 0 aliphatic rings. The van der Waals surface area contributed by atoms with Gasteiger partial charge in [-0.25, -0.2) is 0 Å². The van der Waals surface area contributed by atoms with Crippen molar-refractivity contribution in [3.8, 4) is 5.75 Å². The van der Waals surface area contributed by atoms with Crippen molar-refractivity contribution in [1.29, 1.82) is 0 Å². The summed E-state index contributed by atoms with van der Waals surface area (Å²) in [5.74, 6) is 0.963. The van der Waals surface area contributed by atoms with Gasteiger partial charge >= 0.3 is 0 Å². The highest BCUT2D eigenvalue weighted by Crippen LogP contribution is 2.22. The Labute approximate surface area is 151 Å². The van der Waals surface area contributed by atoms with Crippen LogP contribution in [0.2, 0.25) is 0 Å². The van der Waals surface area contributed by atoms with E-state index in [9.17, 15) is 4.79 Å². The van der Waals surface area contributed by atoms with Crippen molar-refractivity contribution in [3.63, 3.8) is 0 Å². The molecule has 0 aliphatic carbocycles. The maximum Gasteiger partial charge on any atom is 0.220 e. The molecule has 0 saturated heterocycles. The van der Waals surface area contributed by atoms with E-state index < -0.39 is 0 Å². The SMILES string of the molecule is COc1ccccc1CCNC(=O)CCc1ccc(C(C)(C)C)cc1. The molecule has 134 valence electrons. The van der Waals surface area contributed by atoms with Crippen molar-refractivity contribution in [1.82, 2.24) is 5.32 Å². The Hall–Kier alpha value is -2.29. The molecule has 0 aliphatic heterocycles. The molecule has 2 aromatic carbocycles. The molecule has 0 unspecified atom stereocenters. The van der Waals surface area contributed by atoms with Crippen LogP contribution in [0, 0.1) is 0 Å². The summed E-state index contributed by atoms with van der Waals surface area (Å²) < 4.78 is 5.33. The van der Waals surface area contributed by atoms with Crippen LogP contribution in [0.3, 0.4) is 0 Å². The molecule has 0 atom stereocenters. The second-order valence-electron chi connectivity index (χ2n) is 7.36. The van der Waals surface area contributed by atoms with Crippen molar-refractivity contribution in [2.45, 2.75) is 45.4 Å². The van der Waals surface area contributed by atoms with Gasteiger partial charge in [0.05, 0.1) is 7.11 Å². The Morgan fingerprint density at radius 3 is 2.32 bits per heavy atom. The number of nitrogens with one attached hydrogen (secondary N) is 1. The second kappa shape index (κ2) is 8.70. The van der Waals surface area contributed by atoms with Gasteiger partial charge in [0.1, 0.15) is 5.75 Å². The number of aryl methyl sites for hydroxylation is 1. The molecule has 0 fully saturated rings. The predicted molar refractivity (Wildman–Crippen MR) is 103 cm³/mol. The van der Waals surface area contributed by atoms with Gasteiger partial charge in [0, 0.05) is 13.0 Å². The van der Waals surface area contributed by atoms with E-state index >= 15 is 0 Å². The highest BCUT2D eigenvalue weighted by Gasteiger charge is 2.13. The first-order valence-corrected chi connectivity index (χ1v) is 8.88. The van der Waals surface area contributed by atoms with Gasteiger partial charge in [-0.1, -0.05) is 63.2 Å². The van der Waals surface area contributed by atoms with Gasteiger partial charge in [0.25, 0.3) is 0 Å². The number of hydrogen-bond donors (Lipinski definition) is 1. The molecule has 0 radical (unpaired) electrons. The largest absolute Gasteiger partial charge is 0.496 e. The quantitative estimate of drug-likeness (QED) is 0.817. The number of hydrogen-bond acceptors (Lipinski definition) is 2. The molecule has 0 bridgehead atoms. The van der Waals surface area contributed by atoms with E-state index in [1.807, 2.05) is 24.3 Å². The van der Waals surface area contributed by atoms with Crippen LogP contribution < -0.4 is 10.1 Å². The Morgan fingerprint density at radius 1 is 1.00 bits per heavy atom. The van der Waals surface area contributed by atoms with Gasteiger partial charge in [-0.3, -0.25) is 4.79 Å². The normalized spacial score (nSPS) is 11.2. The smallest absolute Gasteiger partial charge is 0.220 e. The zero-order chi connectivity index (χ0) is 18.3. The maximum absolute atomic E-state index is 12.0. The van der Waals surface area contributed by atoms with Crippen LogP contribution in [-0.4, -0.2) is 19.6 Å². The number of rotatable bonds is 7. The van der Waals surface area contributed by atoms with E-state index in [1.165, 1.54) is 11.1 Å². The Bertz CT molecular complexity index is 684. The second-order valence-corrected chi connectivity index (χ2v) is 7.36. The maximum atomic E-state index is 12.0. The van der Waals surface area contributed by atoms with Crippen LogP contribution in [0.5, 0.6) is 5.75 Å². The Morgan fingerprint density at radius 2 is 1.68 bits per heavy atom. The van der Waals surface area contributed by atoms with Gasteiger partial charge in [-0.2, -0.15) is 0 Å². The molecule has 0 heterocycles. The summed E-state index contributed by atoms with van der Waals surface area (Å²) in [5.41, 5.74) is 3.79. The molecule has 3 nitrogen and oxygen atoms in total. The zero-order valence-corrected chi connectivity index (χ0v) is 15.8. The number of carbonyl (C=O) groups excluding carboxylic acids is 1. The Kier molecular flexibility index (Phi) is 6.63. The number of ether oxygens (including phenoxy) is 1. The third kappa shape index (κ3) is 5.93. The summed E-state index contributed by atoms with van der Waals surface area (Å²) in [6.07, 6.45) is 2.06. The fourth-order valence-electron chi connectivity index (χ4n) is 2.76. The van der Waals surface area contributed by atoms with E-state index in [1.54, 1.807) is 7.11 Å². The third-order valence-corrected chi connectivity index (χ3v) is 4.37. The minimum atomic E-state index is 0.0924. The lowest BCUT2D eigenvalue weighted by molar-refractivity contribution is -0.121. The first-order chi connectivity index (χ1) is 11.9. The van der Waals surface area contributed by atoms with Crippen LogP contribution in [0.4, 0.5) is 0 Å². The summed E-state index contributed by atoms with van der Waals surface area (Å²) in [6.45, 7) is 7.24. The summed E-state index contributed by atoms with van der Waals surface area (Å²) in [6, 6.07) is 16.5. The van der Waals surface area contributed by atoms with E-state index in [2.05, 4.69) is 50.4 Å². The number of benzene rings is 2. The summed E-state index contributed by atoms with van der Waals surface area (Å²) in [5, 5.41) is 2.99. The van der Waals surface area contributed by atoms with Crippen LogP contribution in [0.25, 0.3) is 0 Å². The molecule has 25 heavy (non-hydrogen) atoms. The number of para-hydroxylation sites is 1. The average Bonchev–Trinajstić information content (AvgIpc) is 2.60. The summed E-state index contributed by atoms with van der Waals surface area (Å²) in [4.78, 5) is 12.0. The lowest BCUT2D eigenvalue weighted by Crippen LogP contribution is -2.26. The molecule has 1 amide bonds. The van der Waals surface area contributed by atoms with Crippen molar-refractivity contribution >= 4 is 5.91 Å². The van der Waals surface area contributed by atoms with Gasteiger partial charge in [-0.05, 0) is 41.0 Å². The van der Waals surface area contributed by atoms with Crippen molar-refractivity contribution in [2.24, 2.45) is 0 Å². The molecule has 0 aromatic heterocycles. The average molecular weight is 339 g/mol. The van der Waals surface area contributed by atoms with E-state index in [-0.39, 0.29) is 11.3 Å². The van der Waals surface area contributed by atoms with Gasteiger partial charge < -0.3 is 10.1 Å². The minimum Gasteiger partial charge on any atom is -0.496 e. The molecule has 2 rings (SSSR count). The first kappa shape index (κ1) is 19.0. The van der Waals surface area contributed by atoms with Crippen LogP contribution >= 0.6 is 0 Å². The van der Waals surface area contributed by atoms with Gasteiger partial charge in [0.15, 0.2) is 0 Å². The van der Waals surface area contributed by atoms with E-state index in [0.717, 1.165) is 24.2 Å². The minimum absolute atomic E-state index is 0.0924.